The molecule has 132 valence electrons. The van der Waals surface area contributed by atoms with Gasteiger partial charge in [-0.2, -0.15) is 0 Å². The van der Waals surface area contributed by atoms with E-state index in [1.54, 1.807) is 11.9 Å². The Hall–Kier alpha value is -2.20. The zero-order chi connectivity index (χ0) is 17.8. The Morgan fingerprint density at radius 1 is 1.12 bits per heavy atom. The smallest absolute Gasteiger partial charge is 0.322 e. The van der Waals surface area contributed by atoms with Crippen LogP contribution in [0.5, 0.6) is 0 Å². The van der Waals surface area contributed by atoms with Gasteiger partial charge in [-0.1, -0.05) is 41.9 Å². The summed E-state index contributed by atoms with van der Waals surface area (Å²) < 4.78 is 0. The first-order valence-electron chi connectivity index (χ1n) is 8.70. The van der Waals surface area contributed by atoms with Crippen molar-refractivity contribution in [1.82, 2.24) is 4.90 Å². The van der Waals surface area contributed by atoms with Crippen LogP contribution in [-0.4, -0.2) is 31.1 Å². The number of carbonyl (C=O) groups excluding carboxylic acids is 1. The van der Waals surface area contributed by atoms with E-state index in [9.17, 15) is 4.79 Å². The third kappa shape index (κ3) is 3.90. The van der Waals surface area contributed by atoms with Crippen molar-refractivity contribution in [2.45, 2.75) is 25.8 Å². The molecule has 1 aliphatic heterocycles. The number of halogens is 1. The molecule has 1 heterocycles. The molecule has 2 aromatic rings. The fraction of sp³-hybridized carbons (Fsp3) is 0.350. The summed E-state index contributed by atoms with van der Waals surface area (Å²) in [5.74, 6) is 0. The van der Waals surface area contributed by atoms with E-state index in [-0.39, 0.29) is 12.1 Å². The van der Waals surface area contributed by atoms with E-state index in [0.717, 1.165) is 30.0 Å². The van der Waals surface area contributed by atoms with Gasteiger partial charge >= 0.3 is 6.03 Å². The van der Waals surface area contributed by atoms with Crippen molar-refractivity contribution in [3.63, 3.8) is 0 Å². The average molecular weight is 358 g/mol. The molecule has 0 aliphatic carbocycles. The van der Waals surface area contributed by atoms with Gasteiger partial charge in [-0.15, -0.1) is 0 Å². The second kappa shape index (κ2) is 7.79. The lowest BCUT2D eigenvalue weighted by Crippen LogP contribution is -2.34. The number of anilines is 2. The number of nitrogens with zero attached hydrogens (tertiary/aromatic N) is 2. The van der Waals surface area contributed by atoms with Crippen molar-refractivity contribution in [2.75, 3.05) is 30.4 Å². The first-order valence-corrected chi connectivity index (χ1v) is 9.08. The molecule has 2 amide bonds. The first-order chi connectivity index (χ1) is 12.1. The summed E-state index contributed by atoms with van der Waals surface area (Å²) in [6.45, 7) is 4.06. The van der Waals surface area contributed by atoms with E-state index in [0.29, 0.717) is 5.02 Å². The van der Waals surface area contributed by atoms with Crippen LogP contribution < -0.4 is 10.2 Å². The summed E-state index contributed by atoms with van der Waals surface area (Å²) in [6.07, 6.45) is 2.40. The molecule has 0 radical (unpaired) electrons. The molecule has 1 fully saturated rings. The molecule has 0 saturated carbocycles. The number of urea groups is 1. The molecular formula is C20H24ClN3O. The van der Waals surface area contributed by atoms with Gasteiger partial charge in [-0.05, 0) is 43.5 Å². The quantitative estimate of drug-likeness (QED) is 0.819. The van der Waals surface area contributed by atoms with Crippen molar-refractivity contribution in [1.29, 1.82) is 0 Å². The molecule has 0 bridgehead atoms. The molecule has 1 atom stereocenters. The highest BCUT2D eigenvalue weighted by Crippen LogP contribution is 2.30. The molecule has 2 aromatic carbocycles. The predicted octanol–water partition coefficient (Wildman–Crippen LogP) is 5.17. The number of rotatable bonds is 4. The maximum atomic E-state index is 12.8. The molecule has 1 unspecified atom stereocenters. The van der Waals surface area contributed by atoms with E-state index in [1.165, 1.54) is 12.8 Å². The first kappa shape index (κ1) is 17.6. The highest BCUT2D eigenvalue weighted by atomic mass is 35.5. The largest absolute Gasteiger partial charge is 0.370 e. The molecule has 0 aromatic heterocycles. The summed E-state index contributed by atoms with van der Waals surface area (Å²) in [4.78, 5) is 16.8. The molecule has 1 aliphatic rings. The van der Waals surface area contributed by atoms with Gasteiger partial charge in [-0.25, -0.2) is 4.79 Å². The minimum atomic E-state index is -0.140. The minimum absolute atomic E-state index is 0.118. The predicted molar refractivity (Wildman–Crippen MR) is 105 cm³/mol. The van der Waals surface area contributed by atoms with E-state index in [2.05, 4.69) is 16.3 Å². The third-order valence-electron chi connectivity index (χ3n) is 4.85. The molecule has 0 spiro atoms. The number of hydrogen-bond acceptors (Lipinski definition) is 2. The molecule has 3 rings (SSSR count). The number of benzene rings is 2. The van der Waals surface area contributed by atoms with Gasteiger partial charge in [0, 0.05) is 25.2 Å². The summed E-state index contributed by atoms with van der Waals surface area (Å²) in [7, 11) is 1.79. The molecule has 4 nitrogen and oxygen atoms in total. The van der Waals surface area contributed by atoms with Crippen molar-refractivity contribution < 1.29 is 4.79 Å². The van der Waals surface area contributed by atoms with Crippen molar-refractivity contribution >= 4 is 29.0 Å². The van der Waals surface area contributed by atoms with Crippen LogP contribution in [-0.2, 0) is 0 Å². The normalized spacial score (nSPS) is 15.1. The lowest BCUT2D eigenvalue weighted by molar-refractivity contribution is 0.208. The number of para-hydroxylation sites is 2. The van der Waals surface area contributed by atoms with Gasteiger partial charge < -0.3 is 15.1 Å². The maximum absolute atomic E-state index is 12.8. The fourth-order valence-corrected chi connectivity index (χ4v) is 3.51. The van der Waals surface area contributed by atoms with Crippen LogP contribution >= 0.6 is 11.6 Å². The van der Waals surface area contributed by atoms with Crippen LogP contribution in [0.1, 0.15) is 31.4 Å². The minimum Gasteiger partial charge on any atom is -0.370 e. The Morgan fingerprint density at radius 2 is 1.76 bits per heavy atom. The Balaban J connectivity index is 1.75. The zero-order valence-corrected chi connectivity index (χ0v) is 15.5. The number of hydrogen-bond donors (Lipinski definition) is 1. The second-order valence-corrected chi connectivity index (χ2v) is 6.86. The van der Waals surface area contributed by atoms with Gasteiger partial charge in [-0.3, -0.25) is 0 Å². The Morgan fingerprint density at radius 3 is 2.48 bits per heavy atom. The lowest BCUT2D eigenvalue weighted by Gasteiger charge is -2.28. The van der Waals surface area contributed by atoms with Crippen LogP contribution in [0, 0.1) is 0 Å². The molecule has 25 heavy (non-hydrogen) atoms. The third-order valence-corrected chi connectivity index (χ3v) is 5.19. The van der Waals surface area contributed by atoms with E-state index in [1.807, 2.05) is 49.4 Å². The van der Waals surface area contributed by atoms with Crippen molar-refractivity contribution in [3.05, 3.63) is 59.1 Å². The van der Waals surface area contributed by atoms with Gasteiger partial charge in [0.05, 0.1) is 17.4 Å². The van der Waals surface area contributed by atoms with E-state index in [4.69, 9.17) is 11.6 Å². The Labute approximate surface area is 154 Å². The van der Waals surface area contributed by atoms with Crippen molar-refractivity contribution in [3.8, 4) is 0 Å². The number of amides is 2. The molecular weight excluding hydrogens is 334 g/mol. The Kier molecular flexibility index (Phi) is 5.49. The topological polar surface area (TPSA) is 35.6 Å². The van der Waals surface area contributed by atoms with Gasteiger partial charge in [0.2, 0.25) is 0 Å². The second-order valence-electron chi connectivity index (χ2n) is 6.45. The summed E-state index contributed by atoms with van der Waals surface area (Å²) in [5, 5.41) is 3.73. The van der Waals surface area contributed by atoms with Crippen molar-refractivity contribution in [2.24, 2.45) is 0 Å². The van der Waals surface area contributed by atoms with Crippen LogP contribution in [0.25, 0.3) is 0 Å². The fourth-order valence-electron chi connectivity index (χ4n) is 3.21. The van der Waals surface area contributed by atoms with Crippen LogP contribution in [0.15, 0.2) is 48.5 Å². The average Bonchev–Trinajstić information content (AvgIpc) is 3.16. The zero-order valence-electron chi connectivity index (χ0n) is 14.7. The molecule has 5 heteroatoms. The standard InChI is InChI=1S/C20H24ClN3O/c1-15(16-9-3-4-10-17(16)21)23(2)20(25)22-18-11-5-6-12-19(18)24-13-7-8-14-24/h3-6,9-12,15H,7-8,13-14H2,1-2H3,(H,22,25). The van der Waals surface area contributed by atoms with Gasteiger partial charge in [0.1, 0.15) is 0 Å². The summed E-state index contributed by atoms with van der Waals surface area (Å²) in [6, 6.07) is 15.4. The lowest BCUT2D eigenvalue weighted by atomic mass is 10.1. The highest BCUT2D eigenvalue weighted by Gasteiger charge is 2.21. The van der Waals surface area contributed by atoms with E-state index >= 15 is 0 Å². The SMILES string of the molecule is CC(c1ccccc1Cl)N(C)C(=O)Nc1ccccc1N1CCCC1. The highest BCUT2D eigenvalue weighted by molar-refractivity contribution is 6.31. The monoisotopic (exact) mass is 357 g/mol. The Bertz CT molecular complexity index is 743. The van der Waals surface area contributed by atoms with Crippen LogP contribution in [0.4, 0.5) is 16.2 Å². The summed E-state index contributed by atoms with van der Waals surface area (Å²) in [5.41, 5.74) is 2.88. The van der Waals surface area contributed by atoms with Gasteiger partial charge in [0.25, 0.3) is 0 Å². The molecule has 1 saturated heterocycles. The number of nitrogens with one attached hydrogen (secondary N) is 1. The number of carbonyl (C=O) groups is 1. The molecule has 1 N–H and O–H groups in total. The van der Waals surface area contributed by atoms with Crippen LogP contribution in [0.3, 0.4) is 0 Å². The van der Waals surface area contributed by atoms with E-state index < -0.39 is 0 Å². The van der Waals surface area contributed by atoms with Gasteiger partial charge in [0.15, 0.2) is 0 Å². The maximum Gasteiger partial charge on any atom is 0.322 e. The summed E-state index contributed by atoms with van der Waals surface area (Å²) >= 11 is 6.27. The van der Waals surface area contributed by atoms with Crippen LogP contribution in [0.2, 0.25) is 5.02 Å².